The molecule has 41 heavy (non-hydrogen) atoms. The van der Waals surface area contributed by atoms with E-state index in [4.69, 9.17) is 0 Å². The summed E-state index contributed by atoms with van der Waals surface area (Å²) in [6.45, 7) is 6.15. The van der Waals surface area contributed by atoms with Gasteiger partial charge < -0.3 is 26.2 Å². The van der Waals surface area contributed by atoms with Crippen LogP contribution in [0.15, 0.2) is 42.6 Å². The third-order valence-corrected chi connectivity index (χ3v) is 7.57. The molecule has 12 heteroatoms. The maximum atomic E-state index is 12.5. The maximum absolute atomic E-state index is 12.5. The molecule has 2 fully saturated rings. The normalized spacial score (nSPS) is 18.3. The van der Waals surface area contributed by atoms with Gasteiger partial charge in [-0.3, -0.25) is 14.3 Å². The Hall–Kier alpha value is -3.15. The van der Waals surface area contributed by atoms with E-state index in [1.807, 2.05) is 24.9 Å². The van der Waals surface area contributed by atoms with Crippen LogP contribution in [0.3, 0.4) is 0 Å². The first-order chi connectivity index (χ1) is 18.9. The van der Waals surface area contributed by atoms with Crippen molar-refractivity contribution in [2.75, 3.05) is 19.6 Å². The Bertz CT molecular complexity index is 1380. The predicted octanol–water partition coefficient (Wildman–Crippen LogP) is 4.94. The van der Waals surface area contributed by atoms with E-state index in [0.29, 0.717) is 31.2 Å². The van der Waals surface area contributed by atoms with E-state index in [0.717, 1.165) is 43.1 Å². The molecule has 1 spiro atoms. The smallest absolute Gasteiger partial charge is 0.376 e. The van der Waals surface area contributed by atoms with Gasteiger partial charge >= 0.3 is 28.6 Å². The summed E-state index contributed by atoms with van der Waals surface area (Å²) in [5, 5.41) is 11.3. The molecule has 1 aromatic heterocycles. The summed E-state index contributed by atoms with van der Waals surface area (Å²) in [6, 6.07) is 7.97. The number of alkyl halides is 3. The number of fused-ring (bicyclic) bond motifs is 1. The number of carbonyl (C=O) groups is 2. The van der Waals surface area contributed by atoms with Gasteiger partial charge in [0.2, 0.25) is 5.91 Å². The number of aromatic nitrogens is 2. The Morgan fingerprint density at radius 3 is 2.51 bits per heavy atom. The average Bonchev–Trinajstić information content (AvgIpc) is 3.37. The van der Waals surface area contributed by atoms with E-state index in [-0.39, 0.29) is 51.4 Å². The summed E-state index contributed by atoms with van der Waals surface area (Å²) in [6.07, 6.45) is 2.42. The van der Waals surface area contributed by atoms with Crippen molar-refractivity contribution in [2.45, 2.75) is 45.2 Å². The first-order valence-corrected chi connectivity index (χ1v) is 13.0. The van der Waals surface area contributed by atoms with Gasteiger partial charge in [0.25, 0.3) is 0 Å². The Morgan fingerprint density at radius 1 is 1.17 bits per heavy atom. The largest absolute Gasteiger partial charge is 2.00 e. The number of rotatable bonds is 4. The first kappa shape index (κ1) is 32.4. The number of amides is 2. The van der Waals surface area contributed by atoms with E-state index in [1.165, 1.54) is 5.56 Å². The van der Waals surface area contributed by atoms with Gasteiger partial charge in [0.05, 0.1) is 23.9 Å². The van der Waals surface area contributed by atoms with Crippen LogP contribution in [0.1, 0.15) is 55.7 Å². The fraction of sp³-hybridized carbons (Fsp3) is 0.414. The minimum atomic E-state index is -4.57. The van der Waals surface area contributed by atoms with Gasteiger partial charge in [-0.05, 0) is 41.5 Å². The van der Waals surface area contributed by atoms with Crippen molar-refractivity contribution in [3.63, 3.8) is 0 Å². The quantitative estimate of drug-likeness (QED) is 0.238. The number of benzene rings is 2. The number of nitrogens with zero attached hydrogens (tertiary/aromatic N) is 2. The van der Waals surface area contributed by atoms with Gasteiger partial charge in [0.15, 0.2) is 0 Å². The molecule has 3 aromatic rings. The van der Waals surface area contributed by atoms with Gasteiger partial charge in [-0.1, -0.05) is 32.0 Å². The second kappa shape index (κ2) is 13.2. The maximum Gasteiger partial charge on any atom is 2.00 e. The van der Waals surface area contributed by atoms with E-state index < -0.39 is 23.1 Å². The van der Waals surface area contributed by atoms with Crippen LogP contribution in [0.25, 0.3) is 10.9 Å². The molecule has 7 nitrogen and oxygen atoms in total. The molecule has 0 saturated carbocycles. The monoisotopic (exact) mass is 651 g/mol. The zero-order chi connectivity index (χ0) is 29.1. The minimum absolute atomic E-state index is 0. The van der Waals surface area contributed by atoms with Crippen LogP contribution in [0.2, 0.25) is 0 Å². The average molecular weight is 651 g/mol. The molecule has 1 unspecified atom stereocenters. The Labute approximate surface area is 250 Å². The molecular weight excluding hydrogens is 621 g/mol. The molecule has 1 atom stereocenters. The Morgan fingerprint density at radius 2 is 1.88 bits per heavy atom. The van der Waals surface area contributed by atoms with Crippen molar-refractivity contribution >= 4 is 29.0 Å². The third kappa shape index (κ3) is 7.58. The molecule has 2 aliphatic rings. The number of nitrogens with one attached hydrogen (secondary N) is 2. The van der Waals surface area contributed by atoms with E-state index in [1.54, 1.807) is 6.42 Å². The van der Waals surface area contributed by atoms with E-state index >= 15 is 0 Å². The summed E-state index contributed by atoms with van der Waals surface area (Å²) < 4.78 is 48.5. The van der Waals surface area contributed by atoms with Gasteiger partial charge in [-0.2, -0.15) is 24.2 Å². The van der Waals surface area contributed by atoms with Crippen LogP contribution in [0.5, 0.6) is 0 Å². The second-order valence-electron chi connectivity index (χ2n) is 10.6. The molecule has 2 aromatic carbocycles. The van der Waals surface area contributed by atoms with Gasteiger partial charge in [0.1, 0.15) is 0 Å². The fourth-order valence-electron chi connectivity index (χ4n) is 5.46. The molecule has 0 aliphatic carbocycles. The first-order valence-electron chi connectivity index (χ1n) is 13.0. The van der Waals surface area contributed by atoms with Crippen LogP contribution < -0.4 is 5.32 Å². The minimum Gasteiger partial charge on any atom is -0.376 e. The van der Waals surface area contributed by atoms with Crippen LogP contribution >= 0.6 is 0 Å². The molecule has 5 rings (SSSR count). The number of hydrogen-bond acceptors (Lipinski definition) is 4. The Kier molecular flexibility index (Phi) is 10.4. The number of carbonyl (C=O) groups excluding carboxylic acids is 3. The van der Waals surface area contributed by atoms with E-state index in [2.05, 4.69) is 33.7 Å². The number of hydrogen-bond donors (Lipinski definition) is 2. The fourth-order valence-corrected chi connectivity index (χ4v) is 5.46. The van der Waals surface area contributed by atoms with Crippen molar-refractivity contribution in [1.82, 2.24) is 20.4 Å². The third-order valence-electron chi connectivity index (χ3n) is 7.57. The van der Waals surface area contributed by atoms with E-state index in [9.17, 15) is 31.9 Å². The number of H-pyrrole nitrogens is 1. The van der Waals surface area contributed by atoms with Crippen molar-refractivity contribution in [2.24, 2.45) is 11.3 Å². The summed E-state index contributed by atoms with van der Waals surface area (Å²) >= 11 is 0. The number of likely N-dealkylation sites (tertiary alicyclic amines) is 1. The van der Waals surface area contributed by atoms with Gasteiger partial charge in [0, 0.05) is 43.2 Å². The van der Waals surface area contributed by atoms with Crippen molar-refractivity contribution in [1.29, 1.82) is 0 Å². The molecule has 2 N–H and O–H groups in total. The molecule has 1 radical (unpaired) electrons. The molecular formula is C29H30F4N4NbO3. The predicted molar refractivity (Wildman–Crippen MR) is 140 cm³/mol. The Balaban J connectivity index is 0.000000280. The van der Waals surface area contributed by atoms with Crippen molar-refractivity contribution in [3.8, 4) is 0 Å². The zero-order valence-electron chi connectivity index (χ0n) is 22.6. The molecule has 0 bridgehead atoms. The topological polar surface area (TPSA) is 95.2 Å². The van der Waals surface area contributed by atoms with Crippen LogP contribution in [0, 0.1) is 23.6 Å². The van der Waals surface area contributed by atoms with Gasteiger partial charge in [-0.25, -0.2) is 0 Å². The molecule has 2 saturated heterocycles. The molecule has 2 aliphatic heterocycles. The summed E-state index contributed by atoms with van der Waals surface area (Å²) in [4.78, 5) is 36.5. The standard InChI is InChI=1S/C21H27N4O2.C8H3F4O.Nb/c1-14(2)9-20(27)25-7-5-21(6-8-25)11-19(26)22-13-17(21)15-3-4-18-16(10-15)12-23-24-18;9-7-2-1-6(8(10,11)12)3-5(7)4-13;/h3-4,9-10,12,14,17H,5-8,11,13H2,1-2H3,(H,22,26)(H,23,24);1-3H;/q2*-1;+2. The zero-order valence-corrected chi connectivity index (χ0v) is 24.8. The van der Waals surface area contributed by atoms with Crippen LogP contribution in [0.4, 0.5) is 17.6 Å². The SMILES string of the molecule is CC(C)[CH-]C(=O)N1CCC2(CC1)CC(=O)NCC2c1ccc2[nH]ncc2c1.O=[C-]c1cc(C(F)(F)F)ccc1F.[Nb+2]. The van der Waals surface area contributed by atoms with Crippen molar-refractivity contribution < 1.29 is 54.3 Å². The summed E-state index contributed by atoms with van der Waals surface area (Å²) in [5.74, 6) is -0.243. The van der Waals surface area contributed by atoms with Gasteiger partial charge in [-0.15, -0.1) is 11.6 Å². The molecule has 2 amide bonds. The molecule has 3 heterocycles. The summed E-state index contributed by atoms with van der Waals surface area (Å²) in [5.41, 5.74) is 0.422. The number of halogens is 4. The number of piperidine rings is 2. The summed E-state index contributed by atoms with van der Waals surface area (Å²) in [7, 11) is 0. The molecule has 217 valence electrons. The van der Waals surface area contributed by atoms with Crippen LogP contribution in [-0.4, -0.2) is 52.8 Å². The van der Waals surface area contributed by atoms with Crippen LogP contribution in [-0.2, 0) is 42.9 Å². The second-order valence-corrected chi connectivity index (χ2v) is 10.6. The number of aromatic amines is 1. The van der Waals surface area contributed by atoms with Crippen molar-refractivity contribution in [3.05, 3.63) is 71.5 Å².